The van der Waals surface area contributed by atoms with Gasteiger partial charge in [-0.3, -0.25) is 4.79 Å². The predicted molar refractivity (Wildman–Crippen MR) is 71.7 cm³/mol. The average molecular weight is 262 g/mol. The Labute approximate surface area is 112 Å². The van der Waals surface area contributed by atoms with Crippen LogP contribution in [0.4, 0.5) is 5.69 Å². The van der Waals surface area contributed by atoms with E-state index < -0.39 is 0 Å². The standard InChI is InChI=1S/C14H18N2O3/c1-9-5-12-13(19-8-18-12)6-11(9)16(2)14(17)10-3-4-15-7-10/h5-6,10,15H,3-4,7-8H2,1-2H3. The normalized spacial score (nSPS) is 20.6. The lowest BCUT2D eigenvalue weighted by atomic mass is 10.1. The quantitative estimate of drug-likeness (QED) is 0.872. The maximum absolute atomic E-state index is 12.4. The fraction of sp³-hybridized carbons (Fsp3) is 0.500. The summed E-state index contributed by atoms with van der Waals surface area (Å²) in [5.41, 5.74) is 1.91. The maximum atomic E-state index is 12.4. The van der Waals surface area contributed by atoms with E-state index >= 15 is 0 Å². The minimum atomic E-state index is 0.0785. The van der Waals surface area contributed by atoms with Gasteiger partial charge in [-0.15, -0.1) is 0 Å². The number of fused-ring (bicyclic) bond motifs is 1. The van der Waals surface area contributed by atoms with E-state index in [1.807, 2.05) is 26.1 Å². The molecule has 102 valence electrons. The van der Waals surface area contributed by atoms with Crippen molar-refractivity contribution in [2.75, 3.05) is 31.8 Å². The number of hydrogen-bond donors (Lipinski definition) is 1. The van der Waals surface area contributed by atoms with E-state index in [1.54, 1.807) is 4.90 Å². The second-order valence-electron chi connectivity index (χ2n) is 5.08. The summed E-state index contributed by atoms with van der Waals surface area (Å²) in [5.74, 6) is 1.70. The molecule has 2 aliphatic rings. The molecule has 1 aromatic carbocycles. The van der Waals surface area contributed by atoms with Gasteiger partial charge in [0.1, 0.15) is 0 Å². The number of benzene rings is 1. The van der Waals surface area contributed by atoms with Crippen molar-refractivity contribution >= 4 is 11.6 Å². The van der Waals surface area contributed by atoms with Crippen molar-refractivity contribution < 1.29 is 14.3 Å². The zero-order valence-electron chi connectivity index (χ0n) is 11.2. The van der Waals surface area contributed by atoms with Crippen molar-refractivity contribution in [2.45, 2.75) is 13.3 Å². The van der Waals surface area contributed by atoms with Crippen molar-refractivity contribution in [1.29, 1.82) is 0 Å². The van der Waals surface area contributed by atoms with Gasteiger partial charge >= 0.3 is 0 Å². The molecule has 0 aromatic heterocycles. The number of amides is 1. The highest BCUT2D eigenvalue weighted by atomic mass is 16.7. The van der Waals surface area contributed by atoms with Gasteiger partial charge in [0.25, 0.3) is 0 Å². The molecule has 0 radical (unpaired) electrons. The summed E-state index contributed by atoms with van der Waals surface area (Å²) >= 11 is 0. The Bertz CT molecular complexity index is 510. The van der Waals surface area contributed by atoms with Gasteiger partial charge in [-0.05, 0) is 31.5 Å². The molecule has 0 spiro atoms. The first-order valence-electron chi connectivity index (χ1n) is 6.55. The summed E-state index contributed by atoms with van der Waals surface area (Å²) < 4.78 is 10.7. The fourth-order valence-electron chi connectivity index (χ4n) is 2.65. The number of rotatable bonds is 2. The van der Waals surface area contributed by atoms with Crippen LogP contribution in [0, 0.1) is 12.8 Å². The van der Waals surface area contributed by atoms with Gasteiger partial charge in [-0.2, -0.15) is 0 Å². The summed E-state index contributed by atoms with van der Waals surface area (Å²) in [6, 6.07) is 3.81. The SMILES string of the molecule is Cc1cc2c(cc1N(C)C(=O)C1CCNC1)OCO2. The van der Waals surface area contributed by atoms with Crippen LogP contribution in [0.15, 0.2) is 12.1 Å². The van der Waals surface area contributed by atoms with Crippen LogP contribution in [0.1, 0.15) is 12.0 Å². The van der Waals surface area contributed by atoms with Crippen LogP contribution >= 0.6 is 0 Å². The fourth-order valence-corrected chi connectivity index (χ4v) is 2.65. The van der Waals surface area contributed by atoms with E-state index in [9.17, 15) is 4.79 Å². The Morgan fingerprint density at radius 2 is 2.11 bits per heavy atom. The Hall–Kier alpha value is -1.75. The lowest BCUT2D eigenvalue weighted by molar-refractivity contribution is -0.121. The Morgan fingerprint density at radius 3 is 2.79 bits per heavy atom. The molecule has 2 heterocycles. The van der Waals surface area contributed by atoms with E-state index in [2.05, 4.69) is 5.32 Å². The van der Waals surface area contributed by atoms with Gasteiger partial charge in [0, 0.05) is 19.7 Å². The van der Waals surface area contributed by atoms with Gasteiger partial charge in [0.15, 0.2) is 11.5 Å². The highest BCUT2D eigenvalue weighted by Crippen LogP contribution is 2.38. The summed E-state index contributed by atoms with van der Waals surface area (Å²) in [7, 11) is 1.82. The van der Waals surface area contributed by atoms with Gasteiger partial charge in [-0.25, -0.2) is 0 Å². The third-order valence-electron chi connectivity index (χ3n) is 3.79. The van der Waals surface area contributed by atoms with Crippen molar-refractivity contribution in [3.8, 4) is 11.5 Å². The molecule has 5 nitrogen and oxygen atoms in total. The highest BCUT2D eigenvalue weighted by molar-refractivity contribution is 5.96. The largest absolute Gasteiger partial charge is 0.454 e. The minimum Gasteiger partial charge on any atom is -0.454 e. The number of nitrogens with zero attached hydrogens (tertiary/aromatic N) is 1. The smallest absolute Gasteiger partial charge is 0.231 e. The second kappa shape index (κ2) is 4.74. The van der Waals surface area contributed by atoms with Crippen LogP contribution in [-0.4, -0.2) is 32.8 Å². The first kappa shape index (κ1) is 12.3. The summed E-state index contributed by atoms with van der Waals surface area (Å²) in [4.78, 5) is 14.1. The van der Waals surface area contributed by atoms with Crippen LogP contribution in [0.5, 0.6) is 11.5 Å². The summed E-state index contributed by atoms with van der Waals surface area (Å²) in [5, 5.41) is 3.22. The van der Waals surface area contributed by atoms with Gasteiger partial charge in [0.05, 0.1) is 11.6 Å². The van der Waals surface area contributed by atoms with Crippen LogP contribution < -0.4 is 19.7 Å². The van der Waals surface area contributed by atoms with E-state index in [-0.39, 0.29) is 18.6 Å². The molecule has 5 heteroatoms. The van der Waals surface area contributed by atoms with Crippen molar-refractivity contribution in [3.63, 3.8) is 0 Å². The predicted octanol–water partition coefficient (Wildman–Crippen LogP) is 1.30. The highest BCUT2D eigenvalue weighted by Gasteiger charge is 2.27. The Kier molecular flexibility index (Phi) is 3.06. The number of hydrogen-bond acceptors (Lipinski definition) is 4. The molecule has 0 aliphatic carbocycles. The number of aryl methyl sites for hydroxylation is 1. The molecule has 19 heavy (non-hydrogen) atoms. The number of ether oxygens (including phenoxy) is 2. The van der Waals surface area contributed by atoms with Gasteiger partial charge < -0.3 is 19.7 Å². The zero-order chi connectivity index (χ0) is 13.4. The van der Waals surface area contributed by atoms with Crippen molar-refractivity contribution in [3.05, 3.63) is 17.7 Å². The molecule has 2 aliphatic heterocycles. The molecule has 1 saturated heterocycles. The van der Waals surface area contributed by atoms with E-state index in [0.29, 0.717) is 5.75 Å². The van der Waals surface area contributed by atoms with E-state index in [4.69, 9.17) is 9.47 Å². The molecule has 3 rings (SSSR count). The first-order chi connectivity index (χ1) is 9.16. The lowest BCUT2D eigenvalue weighted by Crippen LogP contribution is -2.34. The zero-order valence-corrected chi connectivity index (χ0v) is 11.2. The summed E-state index contributed by atoms with van der Waals surface area (Å²) in [6.45, 7) is 3.92. The van der Waals surface area contributed by atoms with Crippen LogP contribution in [0.25, 0.3) is 0 Å². The van der Waals surface area contributed by atoms with E-state index in [1.165, 1.54) is 0 Å². The Morgan fingerprint density at radius 1 is 1.37 bits per heavy atom. The summed E-state index contributed by atoms with van der Waals surface area (Å²) in [6.07, 6.45) is 0.909. The molecule has 0 bridgehead atoms. The Balaban J connectivity index is 1.86. The first-order valence-corrected chi connectivity index (χ1v) is 6.55. The van der Waals surface area contributed by atoms with Crippen LogP contribution in [0.2, 0.25) is 0 Å². The van der Waals surface area contributed by atoms with E-state index in [0.717, 1.165) is 36.5 Å². The third kappa shape index (κ3) is 2.14. The molecule has 1 unspecified atom stereocenters. The monoisotopic (exact) mass is 262 g/mol. The molecule has 0 saturated carbocycles. The molecule has 1 N–H and O–H groups in total. The van der Waals surface area contributed by atoms with Gasteiger partial charge in [-0.1, -0.05) is 0 Å². The minimum absolute atomic E-state index is 0.0785. The third-order valence-corrected chi connectivity index (χ3v) is 3.79. The van der Waals surface area contributed by atoms with Crippen LogP contribution in [-0.2, 0) is 4.79 Å². The number of nitrogens with one attached hydrogen (secondary N) is 1. The number of anilines is 1. The second-order valence-corrected chi connectivity index (χ2v) is 5.08. The number of carbonyl (C=O) groups excluding carboxylic acids is 1. The van der Waals surface area contributed by atoms with Crippen molar-refractivity contribution in [2.24, 2.45) is 5.92 Å². The average Bonchev–Trinajstić information content (AvgIpc) is 3.06. The molecular weight excluding hydrogens is 244 g/mol. The van der Waals surface area contributed by atoms with Crippen molar-refractivity contribution in [1.82, 2.24) is 5.32 Å². The topological polar surface area (TPSA) is 50.8 Å². The number of carbonyl (C=O) groups is 1. The molecule has 1 amide bonds. The lowest BCUT2D eigenvalue weighted by Gasteiger charge is -2.22. The molecule has 1 aromatic rings. The molecular formula is C14H18N2O3. The van der Waals surface area contributed by atoms with Gasteiger partial charge in [0.2, 0.25) is 12.7 Å². The van der Waals surface area contributed by atoms with Crippen LogP contribution in [0.3, 0.4) is 0 Å². The maximum Gasteiger partial charge on any atom is 0.231 e. The molecule has 1 fully saturated rings. The molecule has 1 atom stereocenters.